The van der Waals surface area contributed by atoms with Crippen LogP contribution in [0.1, 0.15) is 0 Å². The van der Waals surface area contributed by atoms with Crippen LogP contribution in [-0.2, 0) is 0 Å². The zero-order valence-electron chi connectivity index (χ0n) is 11.0. The lowest BCUT2D eigenvalue weighted by Crippen LogP contribution is -2.03. The van der Waals surface area contributed by atoms with Crippen molar-refractivity contribution in [3.63, 3.8) is 0 Å². The van der Waals surface area contributed by atoms with E-state index in [1.807, 2.05) is 0 Å². The number of aromatic hydroxyl groups is 3. The SMILES string of the molecule is Nc1cc2oc(-c3ccc(O)c(O)c3)c(O)c(=O)c2cc1Cl. The number of rotatable bonds is 1. The lowest BCUT2D eigenvalue weighted by molar-refractivity contribution is 0.403. The fourth-order valence-corrected chi connectivity index (χ4v) is 2.24. The molecule has 6 nitrogen and oxygen atoms in total. The van der Waals surface area contributed by atoms with Crippen LogP contribution in [-0.4, -0.2) is 15.3 Å². The molecule has 0 bridgehead atoms. The van der Waals surface area contributed by atoms with Gasteiger partial charge in [-0.3, -0.25) is 4.79 Å². The molecule has 0 aliphatic heterocycles. The molecule has 0 aliphatic carbocycles. The molecule has 112 valence electrons. The Labute approximate surface area is 128 Å². The molecule has 0 saturated heterocycles. The minimum absolute atomic E-state index is 0.0865. The summed E-state index contributed by atoms with van der Waals surface area (Å²) in [6, 6.07) is 6.46. The van der Waals surface area contributed by atoms with Crippen LogP contribution in [0.2, 0.25) is 5.02 Å². The third-order valence-electron chi connectivity index (χ3n) is 3.22. The van der Waals surface area contributed by atoms with E-state index in [1.54, 1.807) is 0 Å². The zero-order valence-corrected chi connectivity index (χ0v) is 11.8. The summed E-state index contributed by atoms with van der Waals surface area (Å²) in [5, 5.41) is 29.2. The van der Waals surface area contributed by atoms with Crippen molar-refractivity contribution < 1.29 is 19.7 Å². The largest absolute Gasteiger partial charge is 0.504 e. The number of phenolic OH excluding ortho intramolecular Hbond substituents is 2. The molecule has 22 heavy (non-hydrogen) atoms. The molecule has 5 N–H and O–H groups in total. The smallest absolute Gasteiger partial charge is 0.235 e. The maximum absolute atomic E-state index is 12.2. The fraction of sp³-hybridized carbons (Fsp3) is 0. The first kappa shape index (κ1) is 14.1. The minimum Gasteiger partial charge on any atom is -0.504 e. The van der Waals surface area contributed by atoms with Gasteiger partial charge in [-0.15, -0.1) is 0 Å². The van der Waals surface area contributed by atoms with E-state index in [9.17, 15) is 20.1 Å². The van der Waals surface area contributed by atoms with Crippen LogP contribution in [0.3, 0.4) is 0 Å². The van der Waals surface area contributed by atoms with Gasteiger partial charge in [0.05, 0.1) is 16.1 Å². The van der Waals surface area contributed by atoms with Crippen LogP contribution in [0.15, 0.2) is 39.5 Å². The normalized spacial score (nSPS) is 11.0. The van der Waals surface area contributed by atoms with E-state index in [-0.39, 0.29) is 38.8 Å². The maximum atomic E-state index is 12.2. The topological polar surface area (TPSA) is 117 Å². The Hall–Kier alpha value is -2.86. The first-order valence-electron chi connectivity index (χ1n) is 6.15. The third kappa shape index (κ3) is 2.10. The standard InChI is InChI=1S/C15H10ClNO5/c16-8-4-7-12(5-9(8)17)22-15(14(21)13(7)20)6-1-2-10(18)11(19)3-6/h1-5,18-19,21H,17H2. The first-order valence-corrected chi connectivity index (χ1v) is 6.53. The van der Waals surface area contributed by atoms with E-state index < -0.39 is 16.9 Å². The van der Waals surface area contributed by atoms with Gasteiger partial charge in [0.25, 0.3) is 0 Å². The van der Waals surface area contributed by atoms with Gasteiger partial charge >= 0.3 is 0 Å². The van der Waals surface area contributed by atoms with Crippen molar-refractivity contribution in [1.82, 2.24) is 0 Å². The van der Waals surface area contributed by atoms with Crippen LogP contribution < -0.4 is 11.2 Å². The zero-order chi connectivity index (χ0) is 16.0. The fourth-order valence-electron chi connectivity index (χ4n) is 2.08. The third-order valence-corrected chi connectivity index (χ3v) is 3.55. The summed E-state index contributed by atoms with van der Waals surface area (Å²) in [5.74, 6) is -1.51. The Kier molecular flexibility index (Phi) is 3.11. The van der Waals surface area contributed by atoms with E-state index in [0.717, 1.165) is 0 Å². The summed E-state index contributed by atoms with van der Waals surface area (Å²) < 4.78 is 5.51. The predicted octanol–water partition coefficient (Wildman–Crippen LogP) is 2.81. The number of hydrogen-bond donors (Lipinski definition) is 4. The van der Waals surface area contributed by atoms with Crippen LogP contribution >= 0.6 is 11.6 Å². The molecule has 3 rings (SSSR count). The Morgan fingerprint density at radius 3 is 2.45 bits per heavy atom. The molecule has 0 unspecified atom stereocenters. The summed E-state index contributed by atoms with van der Waals surface area (Å²) in [5.41, 5.74) is 5.59. The Bertz CT molecular complexity index is 964. The highest BCUT2D eigenvalue weighted by atomic mass is 35.5. The predicted molar refractivity (Wildman–Crippen MR) is 82.3 cm³/mol. The second-order valence-corrected chi connectivity index (χ2v) is 5.09. The maximum Gasteiger partial charge on any atom is 0.235 e. The molecule has 0 saturated carbocycles. The molecular weight excluding hydrogens is 310 g/mol. The van der Waals surface area contributed by atoms with Gasteiger partial charge in [0.2, 0.25) is 11.2 Å². The van der Waals surface area contributed by atoms with E-state index >= 15 is 0 Å². The van der Waals surface area contributed by atoms with Gasteiger partial charge in [-0.1, -0.05) is 11.6 Å². The van der Waals surface area contributed by atoms with Crippen molar-refractivity contribution in [2.75, 3.05) is 5.73 Å². The molecule has 1 heterocycles. The highest BCUT2D eigenvalue weighted by molar-refractivity contribution is 6.33. The molecule has 3 aromatic rings. The summed E-state index contributed by atoms with van der Waals surface area (Å²) >= 11 is 5.86. The quantitative estimate of drug-likeness (QED) is 0.405. The van der Waals surface area contributed by atoms with Gasteiger partial charge in [0.15, 0.2) is 17.3 Å². The monoisotopic (exact) mass is 319 g/mol. The van der Waals surface area contributed by atoms with Crippen LogP contribution in [0.25, 0.3) is 22.3 Å². The lowest BCUT2D eigenvalue weighted by Gasteiger charge is -2.08. The van der Waals surface area contributed by atoms with E-state index in [1.165, 1.54) is 30.3 Å². The molecule has 0 aliphatic rings. The van der Waals surface area contributed by atoms with Gasteiger partial charge in [0, 0.05) is 11.6 Å². The van der Waals surface area contributed by atoms with Crippen LogP contribution in [0.4, 0.5) is 5.69 Å². The Morgan fingerprint density at radius 1 is 1.05 bits per heavy atom. The van der Waals surface area contributed by atoms with Crippen LogP contribution in [0.5, 0.6) is 17.2 Å². The van der Waals surface area contributed by atoms with Crippen molar-refractivity contribution in [1.29, 1.82) is 0 Å². The van der Waals surface area contributed by atoms with Crippen molar-refractivity contribution in [3.8, 4) is 28.6 Å². The van der Waals surface area contributed by atoms with Gasteiger partial charge < -0.3 is 25.5 Å². The molecule has 1 aromatic heterocycles. The van der Waals surface area contributed by atoms with Crippen molar-refractivity contribution in [3.05, 3.63) is 45.6 Å². The lowest BCUT2D eigenvalue weighted by atomic mass is 10.1. The number of benzene rings is 2. The molecule has 0 atom stereocenters. The number of anilines is 1. The second kappa shape index (κ2) is 4.85. The Balaban J connectivity index is 2.35. The number of hydrogen-bond acceptors (Lipinski definition) is 6. The van der Waals surface area contributed by atoms with E-state index in [0.29, 0.717) is 0 Å². The van der Waals surface area contributed by atoms with E-state index in [4.69, 9.17) is 21.8 Å². The molecule has 0 spiro atoms. The number of nitrogens with two attached hydrogens (primary N) is 1. The highest BCUT2D eigenvalue weighted by Crippen LogP contribution is 2.36. The summed E-state index contributed by atoms with van der Waals surface area (Å²) in [7, 11) is 0. The van der Waals surface area contributed by atoms with Crippen LogP contribution in [0, 0.1) is 0 Å². The van der Waals surface area contributed by atoms with Crippen molar-refractivity contribution in [2.45, 2.75) is 0 Å². The van der Waals surface area contributed by atoms with Crippen molar-refractivity contribution in [2.24, 2.45) is 0 Å². The summed E-state index contributed by atoms with van der Waals surface area (Å²) in [6.45, 7) is 0. The molecule has 0 fully saturated rings. The van der Waals surface area contributed by atoms with Gasteiger partial charge in [0.1, 0.15) is 5.58 Å². The minimum atomic E-state index is -0.675. The van der Waals surface area contributed by atoms with Crippen molar-refractivity contribution >= 4 is 28.3 Å². The molecular formula is C15H10ClNO5. The number of nitrogen functional groups attached to an aromatic ring is 1. The summed E-state index contributed by atoms with van der Waals surface area (Å²) in [4.78, 5) is 12.2. The molecule has 7 heteroatoms. The summed E-state index contributed by atoms with van der Waals surface area (Å²) in [6.07, 6.45) is 0. The molecule has 0 amide bonds. The Morgan fingerprint density at radius 2 is 1.77 bits per heavy atom. The van der Waals surface area contributed by atoms with Gasteiger partial charge in [-0.05, 0) is 24.3 Å². The molecule has 0 radical (unpaired) electrons. The average molecular weight is 320 g/mol. The van der Waals surface area contributed by atoms with Gasteiger partial charge in [-0.2, -0.15) is 0 Å². The molecule has 2 aromatic carbocycles. The first-order chi connectivity index (χ1) is 10.4. The second-order valence-electron chi connectivity index (χ2n) is 4.68. The highest BCUT2D eigenvalue weighted by Gasteiger charge is 2.17. The number of phenols is 2. The van der Waals surface area contributed by atoms with E-state index in [2.05, 4.69) is 0 Å². The average Bonchev–Trinajstić information content (AvgIpc) is 2.48. The number of halogens is 1. The van der Waals surface area contributed by atoms with Gasteiger partial charge in [-0.25, -0.2) is 0 Å². The number of fused-ring (bicyclic) bond motifs is 1.